The summed E-state index contributed by atoms with van der Waals surface area (Å²) in [6.07, 6.45) is -3.80. The second-order valence-electron chi connectivity index (χ2n) is 2.69. The molecule has 0 aromatic rings. The summed E-state index contributed by atoms with van der Waals surface area (Å²) in [5.41, 5.74) is 5.04. The summed E-state index contributed by atoms with van der Waals surface area (Å²) in [6, 6.07) is 0. The van der Waals surface area contributed by atoms with Crippen molar-refractivity contribution in [1.29, 1.82) is 0 Å². The summed E-state index contributed by atoms with van der Waals surface area (Å²) < 4.78 is 51.8. The highest BCUT2D eigenvalue weighted by atomic mass is 19.3. The van der Waals surface area contributed by atoms with Gasteiger partial charge in [-0.25, -0.2) is 8.78 Å². The number of hydrogen-bond donors (Lipinski definition) is 2. The number of carbonyl (C=O) groups is 1. The van der Waals surface area contributed by atoms with Crippen LogP contribution < -0.4 is 11.1 Å². The predicted molar refractivity (Wildman–Crippen MR) is 43.8 cm³/mol. The first-order chi connectivity index (χ1) is 6.90. The quantitative estimate of drug-likeness (QED) is 0.606. The molecule has 90 valence electrons. The SMILES string of the molecule is NCCNC(=O)COCC(F)(F)C(F)F. The average molecular weight is 232 g/mol. The van der Waals surface area contributed by atoms with Crippen molar-refractivity contribution in [2.24, 2.45) is 5.73 Å². The van der Waals surface area contributed by atoms with Crippen molar-refractivity contribution in [3.63, 3.8) is 0 Å². The lowest BCUT2D eigenvalue weighted by Crippen LogP contribution is -2.36. The summed E-state index contributed by atoms with van der Waals surface area (Å²) in [7, 11) is 0. The molecule has 0 spiro atoms. The Kier molecular flexibility index (Phi) is 6.18. The average Bonchev–Trinajstić information content (AvgIpc) is 2.14. The smallest absolute Gasteiger partial charge is 0.330 e. The van der Waals surface area contributed by atoms with Crippen molar-refractivity contribution in [2.75, 3.05) is 26.3 Å². The van der Waals surface area contributed by atoms with Gasteiger partial charge in [0.1, 0.15) is 13.2 Å². The molecule has 0 aromatic carbocycles. The van der Waals surface area contributed by atoms with E-state index in [1.807, 2.05) is 0 Å². The van der Waals surface area contributed by atoms with Gasteiger partial charge in [-0.1, -0.05) is 0 Å². The van der Waals surface area contributed by atoms with Gasteiger partial charge in [0.2, 0.25) is 5.91 Å². The van der Waals surface area contributed by atoms with Crippen LogP contribution in [0.25, 0.3) is 0 Å². The van der Waals surface area contributed by atoms with Gasteiger partial charge in [-0.05, 0) is 0 Å². The molecule has 0 aromatic heterocycles. The van der Waals surface area contributed by atoms with E-state index in [0.29, 0.717) is 0 Å². The van der Waals surface area contributed by atoms with Gasteiger partial charge < -0.3 is 15.8 Å². The van der Waals surface area contributed by atoms with E-state index in [1.54, 1.807) is 0 Å². The number of carbonyl (C=O) groups excluding carboxylic acids is 1. The fourth-order valence-electron chi connectivity index (χ4n) is 0.605. The van der Waals surface area contributed by atoms with Crippen LogP contribution in [-0.4, -0.2) is 44.6 Å². The zero-order valence-corrected chi connectivity index (χ0v) is 7.81. The van der Waals surface area contributed by atoms with Crippen LogP contribution in [0, 0.1) is 0 Å². The first-order valence-corrected chi connectivity index (χ1v) is 4.10. The summed E-state index contributed by atoms with van der Waals surface area (Å²) in [5, 5.41) is 2.23. The number of nitrogens with one attached hydrogen (secondary N) is 1. The molecule has 0 unspecified atom stereocenters. The maximum absolute atomic E-state index is 12.2. The van der Waals surface area contributed by atoms with E-state index in [2.05, 4.69) is 10.1 Å². The van der Waals surface area contributed by atoms with Crippen molar-refractivity contribution >= 4 is 5.91 Å². The topological polar surface area (TPSA) is 64.3 Å². The Balaban J connectivity index is 3.65. The monoisotopic (exact) mass is 232 g/mol. The Labute approximate surface area is 83.8 Å². The Morgan fingerprint density at radius 1 is 1.47 bits per heavy atom. The molecule has 0 bridgehead atoms. The zero-order chi connectivity index (χ0) is 11.9. The van der Waals surface area contributed by atoms with Gasteiger partial charge >= 0.3 is 12.3 Å². The van der Waals surface area contributed by atoms with Gasteiger partial charge in [0.15, 0.2) is 0 Å². The van der Waals surface area contributed by atoms with Crippen molar-refractivity contribution in [2.45, 2.75) is 12.3 Å². The third-order valence-corrected chi connectivity index (χ3v) is 1.31. The second-order valence-corrected chi connectivity index (χ2v) is 2.69. The van der Waals surface area contributed by atoms with E-state index in [0.717, 1.165) is 0 Å². The number of amides is 1. The van der Waals surface area contributed by atoms with Gasteiger partial charge in [0.05, 0.1) is 0 Å². The maximum atomic E-state index is 12.2. The fourth-order valence-corrected chi connectivity index (χ4v) is 0.605. The summed E-state index contributed by atoms with van der Waals surface area (Å²) in [6.45, 7) is -1.81. The minimum atomic E-state index is -4.23. The number of nitrogens with two attached hydrogens (primary N) is 1. The third kappa shape index (κ3) is 6.24. The largest absolute Gasteiger partial charge is 0.365 e. The van der Waals surface area contributed by atoms with Gasteiger partial charge in [0, 0.05) is 13.1 Å². The predicted octanol–water partition coefficient (Wildman–Crippen LogP) is -0.0217. The highest BCUT2D eigenvalue weighted by Gasteiger charge is 2.41. The summed E-state index contributed by atoms with van der Waals surface area (Å²) in [4.78, 5) is 10.7. The standard InChI is InChI=1S/C7H12F4N2O2/c8-6(9)7(10,11)4-15-3-5(14)13-2-1-12/h6H,1-4,12H2,(H,13,14). The Morgan fingerprint density at radius 2 is 2.07 bits per heavy atom. The van der Waals surface area contributed by atoms with Gasteiger partial charge in [-0.15, -0.1) is 0 Å². The lowest BCUT2D eigenvalue weighted by molar-refractivity contribution is -0.168. The maximum Gasteiger partial charge on any atom is 0.330 e. The summed E-state index contributed by atoms with van der Waals surface area (Å²) in [5.74, 6) is -4.90. The molecule has 0 heterocycles. The molecule has 4 nitrogen and oxygen atoms in total. The number of alkyl halides is 4. The van der Waals surface area contributed by atoms with Gasteiger partial charge in [0.25, 0.3) is 0 Å². The highest BCUT2D eigenvalue weighted by Crippen LogP contribution is 2.22. The third-order valence-electron chi connectivity index (χ3n) is 1.31. The molecule has 0 saturated heterocycles. The van der Waals surface area contributed by atoms with Crippen LogP contribution in [0.2, 0.25) is 0 Å². The van der Waals surface area contributed by atoms with E-state index in [9.17, 15) is 22.4 Å². The molecule has 3 N–H and O–H groups in total. The molecule has 0 aliphatic carbocycles. The first-order valence-electron chi connectivity index (χ1n) is 4.10. The molecule has 1 amide bonds. The van der Waals surface area contributed by atoms with Crippen molar-refractivity contribution < 1.29 is 27.1 Å². The van der Waals surface area contributed by atoms with Crippen LogP contribution in [0.15, 0.2) is 0 Å². The Hall–Kier alpha value is -0.890. The molecular weight excluding hydrogens is 220 g/mol. The summed E-state index contributed by atoms with van der Waals surface area (Å²) >= 11 is 0. The highest BCUT2D eigenvalue weighted by molar-refractivity contribution is 5.77. The molecular formula is C7H12F4N2O2. The van der Waals surface area contributed by atoms with Crippen LogP contribution >= 0.6 is 0 Å². The van der Waals surface area contributed by atoms with Crippen molar-refractivity contribution in [1.82, 2.24) is 5.32 Å². The molecule has 0 saturated carbocycles. The molecule has 0 radical (unpaired) electrons. The fraction of sp³-hybridized carbons (Fsp3) is 0.857. The first kappa shape index (κ1) is 14.1. The molecule has 0 aliphatic heterocycles. The number of rotatable bonds is 7. The van der Waals surface area contributed by atoms with Crippen LogP contribution in [0.4, 0.5) is 17.6 Å². The second kappa shape index (κ2) is 6.57. The normalized spacial score (nSPS) is 11.9. The number of hydrogen-bond acceptors (Lipinski definition) is 3. The van der Waals surface area contributed by atoms with E-state index < -0.39 is 31.5 Å². The molecule has 0 aliphatic rings. The lowest BCUT2D eigenvalue weighted by Gasteiger charge is -2.14. The minimum Gasteiger partial charge on any atom is -0.365 e. The van der Waals surface area contributed by atoms with Gasteiger partial charge in [-0.3, -0.25) is 4.79 Å². The lowest BCUT2D eigenvalue weighted by atomic mass is 10.4. The van der Waals surface area contributed by atoms with E-state index in [1.165, 1.54) is 0 Å². The van der Waals surface area contributed by atoms with Crippen molar-refractivity contribution in [3.8, 4) is 0 Å². The van der Waals surface area contributed by atoms with Crippen molar-refractivity contribution in [3.05, 3.63) is 0 Å². The molecule has 8 heteroatoms. The zero-order valence-electron chi connectivity index (χ0n) is 7.81. The molecule has 0 atom stereocenters. The molecule has 0 fully saturated rings. The van der Waals surface area contributed by atoms with E-state index in [-0.39, 0.29) is 13.1 Å². The Morgan fingerprint density at radius 3 is 2.53 bits per heavy atom. The number of halogens is 4. The van der Waals surface area contributed by atoms with Crippen LogP contribution in [-0.2, 0) is 9.53 Å². The van der Waals surface area contributed by atoms with E-state index >= 15 is 0 Å². The van der Waals surface area contributed by atoms with Gasteiger partial charge in [-0.2, -0.15) is 8.78 Å². The minimum absolute atomic E-state index is 0.174. The number of ether oxygens (including phenoxy) is 1. The van der Waals surface area contributed by atoms with Crippen LogP contribution in [0.3, 0.4) is 0 Å². The Bertz CT molecular complexity index is 201. The molecule has 0 rings (SSSR count). The van der Waals surface area contributed by atoms with Crippen LogP contribution in [0.1, 0.15) is 0 Å². The van der Waals surface area contributed by atoms with E-state index in [4.69, 9.17) is 5.73 Å². The van der Waals surface area contributed by atoms with Crippen LogP contribution in [0.5, 0.6) is 0 Å². The molecule has 15 heavy (non-hydrogen) atoms.